The molecule has 0 unspecified atom stereocenters. The standard InChI is InChI=1S/C13H19BrN2OS/c1-4-13(5-2,18-3)9-16-12(17)10-7-6-8-15-11(10)14/h6-8H,4-5,9H2,1-3H3,(H,16,17). The molecule has 0 atom stereocenters. The molecule has 1 aromatic rings. The highest BCUT2D eigenvalue weighted by Gasteiger charge is 2.25. The average Bonchev–Trinajstić information content (AvgIpc) is 2.41. The van der Waals surface area contributed by atoms with E-state index in [0.29, 0.717) is 16.7 Å². The third-order valence-corrected chi connectivity index (χ3v) is 5.52. The fraction of sp³-hybridized carbons (Fsp3) is 0.538. The molecule has 0 aliphatic heterocycles. The zero-order valence-corrected chi connectivity index (χ0v) is 13.4. The van der Waals surface area contributed by atoms with Crippen molar-refractivity contribution in [2.45, 2.75) is 31.4 Å². The predicted octanol–water partition coefficient (Wildman–Crippen LogP) is 3.50. The molecule has 0 bridgehead atoms. The lowest BCUT2D eigenvalue weighted by Gasteiger charge is -2.29. The average molecular weight is 331 g/mol. The molecule has 1 rings (SSSR count). The Morgan fingerprint density at radius 1 is 1.50 bits per heavy atom. The summed E-state index contributed by atoms with van der Waals surface area (Å²) in [7, 11) is 0. The van der Waals surface area contributed by atoms with Crippen LogP contribution in [-0.4, -0.2) is 28.4 Å². The fourth-order valence-electron chi connectivity index (χ4n) is 1.75. The van der Waals surface area contributed by atoms with Crippen LogP contribution in [0.15, 0.2) is 22.9 Å². The first-order valence-corrected chi connectivity index (χ1v) is 8.04. The van der Waals surface area contributed by atoms with Crippen LogP contribution in [0, 0.1) is 0 Å². The molecule has 18 heavy (non-hydrogen) atoms. The summed E-state index contributed by atoms with van der Waals surface area (Å²) in [6.45, 7) is 5.00. The highest BCUT2D eigenvalue weighted by Crippen LogP contribution is 2.29. The van der Waals surface area contributed by atoms with Gasteiger partial charge in [-0.15, -0.1) is 0 Å². The molecule has 0 radical (unpaired) electrons. The van der Waals surface area contributed by atoms with Gasteiger partial charge >= 0.3 is 0 Å². The third kappa shape index (κ3) is 3.72. The number of carbonyl (C=O) groups excluding carboxylic acids is 1. The molecule has 0 saturated carbocycles. The number of rotatable bonds is 6. The van der Waals surface area contributed by atoms with E-state index in [1.807, 2.05) is 11.8 Å². The maximum atomic E-state index is 12.1. The SMILES string of the molecule is CCC(CC)(CNC(=O)c1cccnc1Br)SC. The molecule has 0 spiro atoms. The minimum Gasteiger partial charge on any atom is -0.351 e. The number of pyridine rings is 1. The molecule has 0 fully saturated rings. The Labute approximate surface area is 121 Å². The molecule has 1 heterocycles. The zero-order valence-electron chi connectivity index (χ0n) is 11.0. The Morgan fingerprint density at radius 3 is 2.67 bits per heavy atom. The van der Waals surface area contributed by atoms with Crippen LogP contribution in [0.4, 0.5) is 0 Å². The summed E-state index contributed by atoms with van der Waals surface area (Å²) < 4.78 is 0.718. The number of aromatic nitrogens is 1. The van der Waals surface area contributed by atoms with Crippen molar-refractivity contribution in [1.82, 2.24) is 10.3 Å². The largest absolute Gasteiger partial charge is 0.351 e. The number of amides is 1. The lowest BCUT2D eigenvalue weighted by Crippen LogP contribution is -2.39. The van der Waals surface area contributed by atoms with Crippen LogP contribution in [-0.2, 0) is 0 Å². The van der Waals surface area contributed by atoms with Gasteiger partial charge in [0.2, 0.25) is 0 Å². The molecule has 0 saturated heterocycles. The van der Waals surface area contributed by atoms with Crippen molar-refractivity contribution in [1.29, 1.82) is 0 Å². The molecule has 1 amide bonds. The van der Waals surface area contributed by atoms with Crippen LogP contribution in [0.3, 0.4) is 0 Å². The van der Waals surface area contributed by atoms with E-state index in [4.69, 9.17) is 0 Å². The first-order chi connectivity index (χ1) is 8.58. The summed E-state index contributed by atoms with van der Waals surface area (Å²) in [5.74, 6) is -0.0738. The second kappa shape index (κ2) is 7.14. The van der Waals surface area contributed by atoms with Gasteiger partial charge in [0.15, 0.2) is 0 Å². The Kier molecular flexibility index (Phi) is 6.15. The molecule has 3 nitrogen and oxygen atoms in total. The molecule has 0 aromatic carbocycles. The second-order valence-corrected chi connectivity index (χ2v) is 6.14. The van der Waals surface area contributed by atoms with E-state index in [9.17, 15) is 4.79 Å². The van der Waals surface area contributed by atoms with E-state index in [2.05, 4.69) is 46.3 Å². The minimum absolute atomic E-state index is 0.0738. The summed E-state index contributed by atoms with van der Waals surface area (Å²) >= 11 is 5.11. The maximum Gasteiger partial charge on any atom is 0.254 e. The molecule has 1 N–H and O–H groups in total. The van der Waals surface area contributed by atoms with Crippen molar-refractivity contribution in [2.75, 3.05) is 12.8 Å². The number of halogens is 1. The van der Waals surface area contributed by atoms with Gasteiger partial charge in [0.25, 0.3) is 5.91 Å². The topological polar surface area (TPSA) is 42.0 Å². The van der Waals surface area contributed by atoms with Crippen LogP contribution in [0.1, 0.15) is 37.0 Å². The number of hydrogen-bond acceptors (Lipinski definition) is 3. The van der Waals surface area contributed by atoms with Gasteiger partial charge in [-0.1, -0.05) is 13.8 Å². The summed E-state index contributed by atoms with van der Waals surface area (Å²) in [6.07, 6.45) is 5.84. The van der Waals surface area contributed by atoms with Gasteiger partial charge in [0, 0.05) is 17.5 Å². The van der Waals surface area contributed by atoms with Crippen molar-refractivity contribution in [3.8, 4) is 0 Å². The molecule has 5 heteroatoms. The highest BCUT2D eigenvalue weighted by molar-refractivity contribution is 9.10. The van der Waals surface area contributed by atoms with E-state index in [1.54, 1.807) is 18.3 Å². The van der Waals surface area contributed by atoms with Crippen molar-refractivity contribution < 1.29 is 4.79 Å². The summed E-state index contributed by atoms with van der Waals surface area (Å²) in [5, 5.41) is 3.00. The molecule has 1 aromatic heterocycles. The van der Waals surface area contributed by atoms with Gasteiger partial charge < -0.3 is 5.32 Å². The monoisotopic (exact) mass is 330 g/mol. The fourth-order valence-corrected chi connectivity index (χ4v) is 2.98. The third-order valence-electron chi connectivity index (χ3n) is 3.30. The first kappa shape index (κ1) is 15.5. The number of nitrogens with zero attached hydrogens (tertiary/aromatic N) is 1. The number of carbonyl (C=O) groups is 1. The molecular weight excluding hydrogens is 312 g/mol. The van der Waals surface area contributed by atoms with Crippen LogP contribution in [0.25, 0.3) is 0 Å². The summed E-state index contributed by atoms with van der Waals surface area (Å²) in [4.78, 5) is 16.1. The van der Waals surface area contributed by atoms with E-state index in [1.165, 1.54) is 0 Å². The van der Waals surface area contributed by atoms with Crippen LogP contribution in [0.5, 0.6) is 0 Å². The molecule has 0 aliphatic rings. The minimum atomic E-state index is -0.0738. The van der Waals surface area contributed by atoms with Crippen LogP contribution < -0.4 is 5.32 Å². The van der Waals surface area contributed by atoms with E-state index in [0.717, 1.165) is 12.8 Å². The normalized spacial score (nSPS) is 11.3. The van der Waals surface area contributed by atoms with E-state index >= 15 is 0 Å². The van der Waals surface area contributed by atoms with Crippen molar-refractivity contribution in [3.05, 3.63) is 28.5 Å². The molecular formula is C13H19BrN2OS. The maximum absolute atomic E-state index is 12.1. The number of hydrogen-bond donors (Lipinski definition) is 1. The van der Waals surface area contributed by atoms with Crippen LogP contribution >= 0.6 is 27.7 Å². The van der Waals surface area contributed by atoms with Gasteiger partial charge in [0.05, 0.1) is 5.56 Å². The van der Waals surface area contributed by atoms with Gasteiger partial charge in [-0.2, -0.15) is 11.8 Å². The lowest BCUT2D eigenvalue weighted by atomic mass is 10.0. The van der Waals surface area contributed by atoms with E-state index < -0.39 is 0 Å². The molecule has 0 aliphatic carbocycles. The Morgan fingerprint density at radius 2 is 2.17 bits per heavy atom. The van der Waals surface area contributed by atoms with Gasteiger partial charge in [-0.3, -0.25) is 4.79 Å². The second-order valence-electron chi connectivity index (χ2n) is 4.12. The van der Waals surface area contributed by atoms with Gasteiger partial charge in [-0.05, 0) is 47.2 Å². The Hall–Kier alpha value is -0.550. The number of thioether (sulfide) groups is 1. The lowest BCUT2D eigenvalue weighted by molar-refractivity contribution is 0.0947. The highest BCUT2D eigenvalue weighted by atomic mass is 79.9. The zero-order chi connectivity index (χ0) is 13.6. The molecule has 100 valence electrons. The Bertz CT molecular complexity index is 399. The van der Waals surface area contributed by atoms with Crippen molar-refractivity contribution >= 4 is 33.6 Å². The summed E-state index contributed by atoms with van der Waals surface area (Å²) in [6, 6.07) is 3.53. The smallest absolute Gasteiger partial charge is 0.254 e. The van der Waals surface area contributed by atoms with Gasteiger partial charge in [-0.25, -0.2) is 4.98 Å². The summed E-state index contributed by atoms with van der Waals surface area (Å²) in [5.41, 5.74) is 0.583. The predicted molar refractivity (Wildman–Crippen MR) is 81.1 cm³/mol. The van der Waals surface area contributed by atoms with E-state index in [-0.39, 0.29) is 10.7 Å². The van der Waals surface area contributed by atoms with Crippen molar-refractivity contribution in [2.24, 2.45) is 0 Å². The Balaban J connectivity index is 2.69. The van der Waals surface area contributed by atoms with Crippen molar-refractivity contribution in [3.63, 3.8) is 0 Å². The first-order valence-electron chi connectivity index (χ1n) is 6.02. The quantitative estimate of drug-likeness (QED) is 0.812. The number of nitrogens with one attached hydrogen (secondary N) is 1. The van der Waals surface area contributed by atoms with Gasteiger partial charge in [0.1, 0.15) is 4.60 Å². The van der Waals surface area contributed by atoms with Crippen LogP contribution in [0.2, 0.25) is 0 Å².